The van der Waals surface area contributed by atoms with Crippen molar-refractivity contribution in [1.29, 1.82) is 0 Å². The quantitative estimate of drug-likeness (QED) is 0.659. The minimum absolute atomic E-state index is 0.0137. The zero-order chi connectivity index (χ0) is 9.84. The van der Waals surface area contributed by atoms with Gasteiger partial charge in [0.25, 0.3) is 0 Å². The Morgan fingerprint density at radius 3 is 2.92 bits per heavy atom. The average Bonchev–Trinajstić information content (AvgIpc) is 2.03. The zero-order valence-corrected chi connectivity index (χ0v) is 8.06. The third kappa shape index (κ3) is 3.20. The molecule has 0 spiro atoms. The SMILES string of the molecule is CN(C)C[C@@H]1CN(C(=O)O)CCO1. The molecule has 13 heavy (non-hydrogen) atoms. The van der Waals surface area contributed by atoms with Crippen LogP contribution >= 0.6 is 0 Å². The summed E-state index contributed by atoms with van der Waals surface area (Å²) in [5.74, 6) is 0. The summed E-state index contributed by atoms with van der Waals surface area (Å²) < 4.78 is 5.42. The van der Waals surface area contributed by atoms with Gasteiger partial charge in [-0.15, -0.1) is 0 Å². The first kappa shape index (κ1) is 10.3. The molecule has 0 aromatic heterocycles. The lowest BCUT2D eigenvalue weighted by atomic mass is 10.2. The van der Waals surface area contributed by atoms with Gasteiger partial charge < -0.3 is 19.6 Å². The van der Waals surface area contributed by atoms with Crippen LogP contribution in [0.3, 0.4) is 0 Å². The van der Waals surface area contributed by atoms with Crippen molar-refractivity contribution in [3.05, 3.63) is 0 Å². The molecule has 0 radical (unpaired) electrons. The molecule has 76 valence electrons. The fourth-order valence-corrected chi connectivity index (χ4v) is 1.41. The van der Waals surface area contributed by atoms with Gasteiger partial charge in [-0.1, -0.05) is 0 Å². The van der Waals surface area contributed by atoms with Crippen molar-refractivity contribution in [2.45, 2.75) is 6.10 Å². The smallest absolute Gasteiger partial charge is 0.407 e. The van der Waals surface area contributed by atoms with Crippen LogP contribution in [0.1, 0.15) is 0 Å². The second-order valence-corrected chi connectivity index (χ2v) is 3.48. The summed E-state index contributed by atoms with van der Waals surface area (Å²) in [5, 5.41) is 8.75. The maximum absolute atomic E-state index is 10.6. The van der Waals surface area contributed by atoms with Crippen molar-refractivity contribution in [3.63, 3.8) is 0 Å². The Kier molecular flexibility index (Phi) is 3.50. The largest absolute Gasteiger partial charge is 0.465 e. The van der Waals surface area contributed by atoms with Gasteiger partial charge in [0.2, 0.25) is 0 Å². The summed E-state index contributed by atoms with van der Waals surface area (Å²) in [6.45, 7) is 2.24. The van der Waals surface area contributed by atoms with Crippen LogP contribution in [0.5, 0.6) is 0 Å². The van der Waals surface area contributed by atoms with Gasteiger partial charge in [0, 0.05) is 13.1 Å². The predicted octanol–water partition coefficient (Wildman–Crippen LogP) is -0.0732. The van der Waals surface area contributed by atoms with E-state index in [9.17, 15) is 4.79 Å². The van der Waals surface area contributed by atoms with Crippen molar-refractivity contribution in [2.24, 2.45) is 0 Å². The van der Waals surface area contributed by atoms with E-state index in [1.54, 1.807) is 0 Å². The van der Waals surface area contributed by atoms with Crippen molar-refractivity contribution in [2.75, 3.05) is 40.3 Å². The molecule has 1 heterocycles. The molecule has 1 amide bonds. The highest BCUT2D eigenvalue weighted by Gasteiger charge is 2.23. The molecule has 1 aliphatic heterocycles. The fourth-order valence-electron chi connectivity index (χ4n) is 1.41. The summed E-state index contributed by atoms with van der Waals surface area (Å²) in [6.07, 6.45) is -0.841. The van der Waals surface area contributed by atoms with E-state index < -0.39 is 6.09 Å². The highest BCUT2D eigenvalue weighted by Crippen LogP contribution is 2.05. The van der Waals surface area contributed by atoms with Gasteiger partial charge in [-0.05, 0) is 14.1 Å². The number of carbonyl (C=O) groups is 1. The molecule has 0 unspecified atom stereocenters. The number of amides is 1. The van der Waals surface area contributed by atoms with Crippen LogP contribution in [0.4, 0.5) is 4.79 Å². The molecule has 5 nitrogen and oxygen atoms in total. The molecular formula is C8H16N2O3. The average molecular weight is 188 g/mol. The number of nitrogens with zero attached hydrogens (tertiary/aromatic N) is 2. The molecule has 0 aliphatic carbocycles. The Bertz CT molecular complexity index is 184. The number of hydrogen-bond donors (Lipinski definition) is 1. The summed E-state index contributed by atoms with van der Waals surface area (Å²) in [5.41, 5.74) is 0. The van der Waals surface area contributed by atoms with E-state index >= 15 is 0 Å². The number of rotatable bonds is 2. The Balaban J connectivity index is 2.37. The number of likely N-dealkylation sites (N-methyl/N-ethyl adjacent to an activating group) is 1. The fraction of sp³-hybridized carbons (Fsp3) is 0.875. The summed E-state index contributed by atoms with van der Waals surface area (Å²) in [6, 6.07) is 0. The molecule has 1 fully saturated rings. The van der Waals surface area contributed by atoms with Gasteiger partial charge in [0.05, 0.1) is 19.3 Å². The van der Waals surface area contributed by atoms with Gasteiger partial charge in [-0.3, -0.25) is 0 Å². The van der Waals surface area contributed by atoms with E-state index in [0.29, 0.717) is 19.7 Å². The van der Waals surface area contributed by atoms with Gasteiger partial charge in [-0.25, -0.2) is 4.79 Å². The van der Waals surface area contributed by atoms with Crippen molar-refractivity contribution in [3.8, 4) is 0 Å². The van der Waals surface area contributed by atoms with Gasteiger partial charge in [0.1, 0.15) is 0 Å². The molecule has 1 rings (SSSR count). The van der Waals surface area contributed by atoms with Crippen LogP contribution in [0, 0.1) is 0 Å². The van der Waals surface area contributed by atoms with E-state index in [4.69, 9.17) is 9.84 Å². The molecule has 1 aliphatic rings. The summed E-state index contributed by atoms with van der Waals surface area (Å²) in [4.78, 5) is 14.0. The van der Waals surface area contributed by atoms with E-state index in [0.717, 1.165) is 6.54 Å². The minimum atomic E-state index is -0.855. The minimum Gasteiger partial charge on any atom is -0.465 e. The lowest BCUT2D eigenvalue weighted by molar-refractivity contribution is -0.0313. The Labute approximate surface area is 77.9 Å². The molecule has 1 atom stereocenters. The molecule has 0 bridgehead atoms. The van der Waals surface area contributed by atoms with Crippen molar-refractivity contribution >= 4 is 6.09 Å². The van der Waals surface area contributed by atoms with Gasteiger partial charge in [0.15, 0.2) is 0 Å². The number of carboxylic acid groups (broad SMARTS) is 1. The van der Waals surface area contributed by atoms with Crippen LogP contribution in [-0.4, -0.2) is 67.4 Å². The van der Waals surface area contributed by atoms with Crippen LogP contribution < -0.4 is 0 Å². The van der Waals surface area contributed by atoms with E-state index in [-0.39, 0.29) is 6.10 Å². The molecule has 1 N–H and O–H groups in total. The first-order chi connectivity index (χ1) is 6.09. The highest BCUT2D eigenvalue weighted by molar-refractivity contribution is 5.65. The summed E-state index contributed by atoms with van der Waals surface area (Å²) in [7, 11) is 3.89. The number of ether oxygens (including phenoxy) is 1. The van der Waals surface area contributed by atoms with Crippen LogP contribution in [0.25, 0.3) is 0 Å². The topological polar surface area (TPSA) is 53.0 Å². The van der Waals surface area contributed by atoms with E-state index in [1.807, 2.05) is 19.0 Å². The van der Waals surface area contributed by atoms with E-state index in [1.165, 1.54) is 4.90 Å². The van der Waals surface area contributed by atoms with Crippen LogP contribution in [0.2, 0.25) is 0 Å². The first-order valence-corrected chi connectivity index (χ1v) is 4.34. The summed E-state index contributed by atoms with van der Waals surface area (Å²) >= 11 is 0. The highest BCUT2D eigenvalue weighted by atomic mass is 16.5. The molecule has 0 aromatic carbocycles. The van der Waals surface area contributed by atoms with E-state index in [2.05, 4.69) is 0 Å². The monoisotopic (exact) mass is 188 g/mol. The predicted molar refractivity (Wildman–Crippen MR) is 47.9 cm³/mol. The van der Waals surface area contributed by atoms with Crippen molar-refractivity contribution < 1.29 is 14.6 Å². The van der Waals surface area contributed by atoms with Crippen molar-refractivity contribution in [1.82, 2.24) is 9.80 Å². The lowest BCUT2D eigenvalue weighted by Crippen LogP contribution is -2.48. The molecule has 0 aromatic rings. The standard InChI is InChI=1S/C8H16N2O3/c1-9(2)5-7-6-10(8(11)12)3-4-13-7/h7H,3-6H2,1-2H3,(H,11,12)/t7-/m1/s1. The number of hydrogen-bond acceptors (Lipinski definition) is 3. The van der Waals surface area contributed by atoms with Crippen LogP contribution in [-0.2, 0) is 4.74 Å². The van der Waals surface area contributed by atoms with Gasteiger partial charge >= 0.3 is 6.09 Å². The third-order valence-corrected chi connectivity index (χ3v) is 1.98. The lowest BCUT2D eigenvalue weighted by Gasteiger charge is -2.32. The maximum Gasteiger partial charge on any atom is 0.407 e. The molecule has 1 saturated heterocycles. The normalized spacial score (nSPS) is 23.6. The second-order valence-electron chi connectivity index (χ2n) is 3.48. The third-order valence-electron chi connectivity index (χ3n) is 1.98. The first-order valence-electron chi connectivity index (χ1n) is 4.34. The Morgan fingerprint density at radius 2 is 2.38 bits per heavy atom. The molecule has 0 saturated carbocycles. The zero-order valence-electron chi connectivity index (χ0n) is 8.06. The van der Waals surface area contributed by atoms with Crippen LogP contribution in [0.15, 0.2) is 0 Å². The van der Waals surface area contributed by atoms with Gasteiger partial charge in [-0.2, -0.15) is 0 Å². The Hall–Kier alpha value is -0.810. The second kappa shape index (κ2) is 4.43. The molecule has 5 heteroatoms. The number of morpholine rings is 1. The maximum atomic E-state index is 10.6. The molecular weight excluding hydrogens is 172 g/mol. The Morgan fingerprint density at radius 1 is 1.69 bits per heavy atom.